The molecule has 0 fully saturated rings. The molecule has 0 spiro atoms. The average Bonchev–Trinajstić information content (AvgIpc) is 2.34. The normalized spacial score (nSPS) is 17.9. The zero-order valence-corrected chi connectivity index (χ0v) is 10.4. The fourth-order valence-corrected chi connectivity index (χ4v) is 1.20. The zero-order valence-electron chi connectivity index (χ0n) is 10.4. The molecule has 0 radical (unpaired) electrons. The molecule has 1 aliphatic rings. The molecule has 0 amide bonds. The molecule has 1 rings (SSSR count). The van der Waals surface area contributed by atoms with Gasteiger partial charge in [0.2, 0.25) is 0 Å². The summed E-state index contributed by atoms with van der Waals surface area (Å²) in [5, 5.41) is 0. The summed E-state index contributed by atoms with van der Waals surface area (Å²) in [5.74, 6) is 0. The first-order valence-corrected chi connectivity index (χ1v) is 5.84. The van der Waals surface area contributed by atoms with Gasteiger partial charge in [0, 0.05) is 6.42 Å². The minimum absolute atomic E-state index is 0.579. The quantitative estimate of drug-likeness (QED) is 0.562. The van der Waals surface area contributed by atoms with Gasteiger partial charge in [0.05, 0.1) is 0 Å². The summed E-state index contributed by atoms with van der Waals surface area (Å²) in [6.07, 6.45) is 8.97. The molecule has 0 aromatic rings. The third kappa shape index (κ3) is 9.45. The first-order chi connectivity index (χ1) is 7.33. The van der Waals surface area contributed by atoms with E-state index in [9.17, 15) is 4.39 Å². The van der Waals surface area contributed by atoms with Crippen molar-refractivity contribution >= 4 is 0 Å². The summed E-state index contributed by atoms with van der Waals surface area (Å²) in [6.45, 7) is 12.2. The Kier molecular flexibility index (Phi) is 14.5. The second-order valence-corrected chi connectivity index (χ2v) is 2.99. The number of allylic oxidation sites excluding steroid dienone is 4. The van der Waals surface area contributed by atoms with Crippen molar-refractivity contribution in [3.8, 4) is 0 Å². The Hall–Kier alpha value is -0.850. The molecule has 88 valence electrons. The molecular weight excluding hydrogens is 187 g/mol. The number of hydrogen-bond acceptors (Lipinski definition) is 0. The maximum Gasteiger partial charge on any atom is 0.122 e. The Labute approximate surface area is 94.6 Å². The van der Waals surface area contributed by atoms with Crippen LogP contribution in [0.2, 0.25) is 0 Å². The molecule has 1 aliphatic carbocycles. The van der Waals surface area contributed by atoms with Crippen LogP contribution in [0.25, 0.3) is 0 Å². The monoisotopic (exact) mass is 212 g/mol. The van der Waals surface area contributed by atoms with Gasteiger partial charge in [0.25, 0.3) is 0 Å². The third-order valence-electron chi connectivity index (χ3n) is 1.94. The molecule has 15 heavy (non-hydrogen) atoms. The van der Waals surface area contributed by atoms with Gasteiger partial charge in [-0.15, -0.1) is 13.2 Å². The minimum Gasteiger partial charge on any atom is -0.243 e. The topological polar surface area (TPSA) is 0 Å². The zero-order chi connectivity index (χ0) is 12.1. The lowest BCUT2D eigenvalue weighted by atomic mass is 10.0. The predicted molar refractivity (Wildman–Crippen MR) is 68.9 cm³/mol. The minimum atomic E-state index is -0.736. The van der Waals surface area contributed by atoms with Crippen LogP contribution in [0.4, 0.5) is 4.39 Å². The lowest BCUT2D eigenvalue weighted by Crippen LogP contribution is -1.98. The lowest BCUT2D eigenvalue weighted by molar-refractivity contribution is 0.400. The number of hydrogen-bond donors (Lipinski definition) is 0. The molecule has 0 nitrogen and oxygen atoms in total. The van der Waals surface area contributed by atoms with E-state index in [-0.39, 0.29) is 0 Å². The van der Waals surface area contributed by atoms with Crippen LogP contribution >= 0.6 is 0 Å². The van der Waals surface area contributed by atoms with Crippen molar-refractivity contribution in [1.29, 1.82) is 0 Å². The molecule has 1 unspecified atom stereocenters. The van der Waals surface area contributed by atoms with E-state index in [1.54, 1.807) is 6.08 Å². The smallest absolute Gasteiger partial charge is 0.122 e. The first kappa shape index (κ1) is 16.6. The van der Waals surface area contributed by atoms with E-state index in [0.717, 1.165) is 6.42 Å². The Balaban J connectivity index is 0. The highest BCUT2D eigenvalue weighted by atomic mass is 19.1. The first-order valence-electron chi connectivity index (χ1n) is 5.84. The van der Waals surface area contributed by atoms with Crippen LogP contribution in [-0.2, 0) is 0 Å². The summed E-state index contributed by atoms with van der Waals surface area (Å²) in [7, 11) is 0. The van der Waals surface area contributed by atoms with Crippen LogP contribution in [0.15, 0.2) is 37.0 Å². The van der Waals surface area contributed by atoms with Crippen molar-refractivity contribution in [3.63, 3.8) is 0 Å². The van der Waals surface area contributed by atoms with Crippen LogP contribution in [-0.4, -0.2) is 6.17 Å². The van der Waals surface area contributed by atoms with Gasteiger partial charge in [-0.3, -0.25) is 0 Å². The van der Waals surface area contributed by atoms with Gasteiger partial charge in [-0.2, -0.15) is 0 Å². The molecular formula is C14H25F. The summed E-state index contributed by atoms with van der Waals surface area (Å²) >= 11 is 0. The number of halogens is 1. The van der Waals surface area contributed by atoms with Crippen molar-refractivity contribution < 1.29 is 4.39 Å². The van der Waals surface area contributed by atoms with E-state index in [1.165, 1.54) is 18.4 Å². The molecule has 0 bridgehead atoms. The Morgan fingerprint density at radius 3 is 2.40 bits per heavy atom. The van der Waals surface area contributed by atoms with E-state index in [1.807, 2.05) is 26.0 Å². The fourth-order valence-electron chi connectivity index (χ4n) is 1.20. The van der Waals surface area contributed by atoms with E-state index < -0.39 is 6.17 Å². The largest absolute Gasteiger partial charge is 0.243 e. The molecule has 0 aromatic carbocycles. The number of unbranched alkanes of at least 4 members (excludes halogenated alkanes) is 1. The second-order valence-electron chi connectivity index (χ2n) is 2.99. The van der Waals surface area contributed by atoms with Crippen LogP contribution in [0.5, 0.6) is 0 Å². The Bertz CT molecular complexity index is 180. The Morgan fingerprint density at radius 2 is 2.00 bits per heavy atom. The van der Waals surface area contributed by atoms with Gasteiger partial charge in [0.1, 0.15) is 6.17 Å². The van der Waals surface area contributed by atoms with Gasteiger partial charge in [0.15, 0.2) is 0 Å². The summed E-state index contributed by atoms with van der Waals surface area (Å²) in [5.41, 5.74) is 1.31. The Morgan fingerprint density at radius 1 is 1.40 bits per heavy atom. The van der Waals surface area contributed by atoms with E-state index in [0.29, 0.717) is 6.42 Å². The number of rotatable bonds is 3. The molecule has 0 aliphatic heterocycles. The molecule has 1 heteroatoms. The van der Waals surface area contributed by atoms with Gasteiger partial charge < -0.3 is 0 Å². The van der Waals surface area contributed by atoms with Gasteiger partial charge in [-0.25, -0.2) is 4.39 Å². The van der Waals surface area contributed by atoms with Crippen LogP contribution in [0.1, 0.15) is 46.5 Å². The highest BCUT2D eigenvalue weighted by molar-refractivity contribution is 5.24. The standard InChI is InChI=1S/C10H15F.C2H6.C2H4/c1-2-3-4-9-5-7-10(11)8-6-9;2*1-2/h5-7,10H,2-4,8H2,1H3;1-2H3;1-2H2. The fraction of sp³-hybridized carbons (Fsp3) is 0.571. The van der Waals surface area contributed by atoms with Crippen molar-refractivity contribution in [3.05, 3.63) is 37.0 Å². The van der Waals surface area contributed by atoms with E-state index in [2.05, 4.69) is 20.1 Å². The van der Waals surface area contributed by atoms with E-state index >= 15 is 0 Å². The van der Waals surface area contributed by atoms with Crippen molar-refractivity contribution in [2.24, 2.45) is 0 Å². The van der Waals surface area contributed by atoms with E-state index in [4.69, 9.17) is 0 Å². The van der Waals surface area contributed by atoms with Gasteiger partial charge in [-0.05, 0) is 12.8 Å². The maximum atomic E-state index is 12.5. The molecule has 0 N–H and O–H groups in total. The molecule has 0 heterocycles. The number of alkyl halides is 1. The molecule has 1 atom stereocenters. The van der Waals surface area contributed by atoms with Gasteiger partial charge in [-0.1, -0.05) is 51.0 Å². The molecule has 0 aromatic heterocycles. The highest BCUT2D eigenvalue weighted by Gasteiger charge is 2.04. The summed E-state index contributed by atoms with van der Waals surface area (Å²) < 4.78 is 12.5. The maximum absolute atomic E-state index is 12.5. The molecule has 0 saturated heterocycles. The van der Waals surface area contributed by atoms with Crippen LogP contribution in [0, 0.1) is 0 Å². The van der Waals surface area contributed by atoms with Crippen molar-refractivity contribution in [2.75, 3.05) is 0 Å². The SMILES string of the molecule is C=C.CC.CCCCC1=CCC(F)C=C1. The summed E-state index contributed by atoms with van der Waals surface area (Å²) in [4.78, 5) is 0. The predicted octanol–water partition coefficient (Wildman–Crippen LogP) is 5.23. The van der Waals surface area contributed by atoms with Crippen molar-refractivity contribution in [1.82, 2.24) is 0 Å². The van der Waals surface area contributed by atoms with Gasteiger partial charge >= 0.3 is 0 Å². The second kappa shape index (κ2) is 13.2. The highest BCUT2D eigenvalue weighted by Crippen LogP contribution is 2.17. The lowest BCUT2D eigenvalue weighted by Gasteiger charge is -2.08. The van der Waals surface area contributed by atoms with Crippen LogP contribution in [0.3, 0.4) is 0 Å². The summed E-state index contributed by atoms with van der Waals surface area (Å²) in [6, 6.07) is 0. The third-order valence-corrected chi connectivity index (χ3v) is 1.94. The van der Waals surface area contributed by atoms with Crippen LogP contribution < -0.4 is 0 Å². The average molecular weight is 212 g/mol. The van der Waals surface area contributed by atoms with Crippen molar-refractivity contribution in [2.45, 2.75) is 52.6 Å². The molecule has 0 saturated carbocycles.